The lowest BCUT2D eigenvalue weighted by molar-refractivity contribution is -0.274. The molecule has 0 saturated carbocycles. The average Bonchev–Trinajstić information content (AvgIpc) is 3.34. The first kappa shape index (κ1) is 25.3. The standard InChI is InChI=1S/C26H24F3N7O2/c27-26(28,29)38-22-6-2-1-5-18(22)14-32-25-33-15-19(12-30)24(35-25)31-13-17-8-9-21-20(11-17)34-16-36(21)23-7-3-4-10-37-23/h1-2,5-6,8-9,11,15-16,23H,3-4,7,10,13-14H2,(H2,31,32,33,35). The molecule has 0 radical (unpaired) electrons. The van der Waals surface area contributed by atoms with Crippen molar-refractivity contribution in [1.29, 1.82) is 5.26 Å². The Morgan fingerprint density at radius 2 is 1.97 bits per heavy atom. The molecule has 1 atom stereocenters. The van der Waals surface area contributed by atoms with Crippen molar-refractivity contribution in [2.45, 2.75) is 44.9 Å². The molecule has 1 fully saturated rings. The van der Waals surface area contributed by atoms with Crippen molar-refractivity contribution in [2.24, 2.45) is 0 Å². The summed E-state index contributed by atoms with van der Waals surface area (Å²) in [4.78, 5) is 13.0. The van der Waals surface area contributed by atoms with Crippen LogP contribution in [0.5, 0.6) is 5.75 Å². The van der Waals surface area contributed by atoms with E-state index in [9.17, 15) is 18.4 Å². The van der Waals surface area contributed by atoms with E-state index in [2.05, 4.69) is 34.9 Å². The molecule has 4 aromatic rings. The van der Waals surface area contributed by atoms with Crippen molar-refractivity contribution in [1.82, 2.24) is 19.5 Å². The van der Waals surface area contributed by atoms with Crippen LogP contribution in [0.25, 0.3) is 11.0 Å². The molecule has 0 aliphatic carbocycles. The van der Waals surface area contributed by atoms with Crippen LogP contribution in [0.15, 0.2) is 55.0 Å². The van der Waals surface area contributed by atoms with Gasteiger partial charge in [-0.05, 0) is 43.0 Å². The van der Waals surface area contributed by atoms with E-state index in [0.29, 0.717) is 12.4 Å². The second kappa shape index (κ2) is 10.9. The van der Waals surface area contributed by atoms with Crippen molar-refractivity contribution >= 4 is 22.8 Å². The van der Waals surface area contributed by atoms with Gasteiger partial charge in [0, 0.05) is 25.3 Å². The SMILES string of the molecule is N#Cc1cnc(NCc2ccccc2OC(F)(F)F)nc1NCc1ccc2c(c1)ncn2C1CCCCO1. The predicted molar refractivity (Wildman–Crippen MR) is 133 cm³/mol. The molecule has 1 aliphatic rings. The second-order valence-corrected chi connectivity index (χ2v) is 8.73. The van der Waals surface area contributed by atoms with Gasteiger partial charge < -0.3 is 24.7 Å². The Kier molecular flexibility index (Phi) is 7.28. The van der Waals surface area contributed by atoms with Crippen LogP contribution in [0, 0.1) is 11.3 Å². The maximum Gasteiger partial charge on any atom is 0.573 e. The van der Waals surface area contributed by atoms with Gasteiger partial charge in [-0.3, -0.25) is 0 Å². The van der Waals surface area contributed by atoms with Crippen LogP contribution < -0.4 is 15.4 Å². The lowest BCUT2D eigenvalue weighted by Gasteiger charge is -2.24. The summed E-state index contributed by atoms with van der Waals surface area (Å²) in [5, 5.41) is 15.5. The summed E-state index contributed by atoms with van der Waals surface area (Å²) < 4.78 is 50.1. The molecule has 12 heteroatoms. The minimum Gasteiger partial charge on any atom is -0.405 e. The Morgan fingerprint density at radius 3 is 2.76 bits per heavy atom. The van der Waals surface area contributed by atoms with E-state index in [1.807, 2.05) is 24.3 Å². The molecule has 0 spiro atoms. The number of nitrogens with zero attached hydrogens (tertiary/aromatic N) is 5. The van der Waals surface area contributed by atoms with E-state index in [-0.39, 0.29) is 35.6 Å². The van der Waals surface area contributed by atoms with Crippen LogP contribution in [-0.2, 0) is 17.8 Å². The second-order valence-electron chi connectivity index (χ2n) is 8.73. The number of imidazole rings is 1. The smallest absolute Gasteiger partial charge is 0.405 e. The zero-order valence-corrected chi connectivity index (χ0v) is 20.2. The Hall–Kier alpha value is -4.37. The normalized spacial score (nSPS) is 15.7. The molecular weight excluding hydrogens is 499 g/mol. The number of alkyl halides is 3. The first-order chi connectivity index (χ1) is 18.4. The molecule has 2 aromatic heterocycles. The molecule has 1 saturated heterocycles. The topological polar surface area (TPSA) is 110 Å². The van der Waals surface area contributed by atoms with Gasteiger partial charge in [0.1, 0.15) is 29.4 Å². The fraction of sp³-hybridized carbons (Fsp3) is 0.308. The van der Waals surface area contributed by atoms with Crippen molar-refractivity contribution in [2.75, 3.05) is 17.2 Å². The minimum absolute atomic E-state index is 0.00478. The van der Waals surface area contributed by atoms with Gasteiger partial charge in [-0.1, -0.05) is 24.3 Å². The van der Waals surface area contributed by atoms with E-state index < -0.39 is 6.36 Å². The highest BCUT2D eigenvalue weighted by Gasteiger charge is 2.32. The molecule has 0 bridgehead atoms. The molecule has 38 heavy (non-hydrogen) atoms. The van der Waals surface area contributed by atoms with Gasteiger partial charge in [0.2, 0.25) is 5.95 Å². The molecule has 9 nitrogen and oxygen atoms in total. The number of ether oxygens (including phenoxy) is 2. The fourth-order valence-corrected chi connectivity index (χ4v) is 4.28. The van der Waals surface area contributed by atoms with Crippen LogP contribution in [0.4, 0.5) is 24.9 Å². The third kappa shape index (κ3) is 5.95. The molecule has 2 N–H and O–H groups in total. The summed E-state index contributed by atoms with van der Waals surface area (Å²) in [6.07, 6.45) is 1.49. The Bertz CT molecular complexity index is 1460. The Balaban J connectivity index is 1.27. The number of anilines is 2. The molecule has 1 unspecified atom stereocenters. The average molecular weight is 524 g/mol. The number of nitriles is 1. The van der Waals surface area contributed by atoms with Crippen molar-refractivity contribution in [3.63, 3.8) is 0 Å². The van der Waals surface area contributed by atoms with Gasteiger partial charge in [0.05, 0.1) is 23.6 Å². The van der Waals surface area contributed by atoms with E-state index in [1.165, 1.54) is 24.4 Å². The Morgan fingerprint density at radius 1 is 1.11 bits per heavy atom. The van der Waals surface area contributed by atoms with Gasteiger partial charge in [0.15, 0.2) is 0 Å². The number of hydrogen-bond acceptors (Lipinski definition) is 8. The number of rotatable bonds is 8. The van der Waals surface area contributed by atoms with E-state index in [1.54, 1.807) is 12.4 Å². The number of para-hydroxylation sites is 1. The van der Waals surface area contributed by atoms with Crippen LogP contribution >= 0.6 is 0 Å². The lowest BCUT2D eigenvalue weighted by Crippen LogP contribution is -2.18. The van der Waals surface area contributed by atoms with Gasteiger partial charge in [-0.25, -0.2) is 9.97 Å². The third-order valence-corrected chi connectivity index (χ3v) is 6.11. The number of halogens is 3. The molecule has 3 heterocycles. The minimum atomic E-state index is -4.80. The molecule has 0 amide bonds. The van der Waals surface area contributed by atoms with Crippen molar-refractivity contribution in [3.05, 3.63) is 71.7 Å². The van der Waals surface area contributed by atoms with Crippen LogP contribution in [0.3, 0.4) is 0 Å². The van der Waals surface area contributed by atoms with Gasteiger partial charge in [-0.2, -0.15) is 10.2 Å². The molecule has 5 rings (SSSR count). The summed E-state index contributed by atoms with van der Waals surface area (Å²) in [6.45, 7) is 1.11. The van der Waals surface area contributed by atoms with Gasteiger partial charge in [0.25, 0.3) is 0 Å². The monoisotopic (exact) mass is 523 g/mol. The van der Waals surface area contributed by atoms with E-state index in [0.717, 1.165) is 42.5 Å². The van der Waals surface area contributed by atoms with E-state index >= 15 is 0 Å². The van der Waals surface area contributed by atoms with Crippen molar-refractivity contribution in [3.8, 4) is 11.8 Å². The predicted octanol–water partition coefficient (Wildman–Crippen LogP) is 5.52. The summed E-state index contributed by atoms with van der Waals surface area (Å²) in [6, 6.07) is 13.8. The third-order valence-electron chi connectivity index (χ3n) is 6.11. The lowest BCUT2D eigenvalue weighted by atomic mass is 10.1. The fourth-order valence-electron chi connectivity index (χ4n) is 4.28. The largest absolute Gasteiger partial charge is 0.573 e. The first-order valence-electron chi connectivity index (χ1n) is 12.1. The molecular formula is C26H24F3N7O2. The quantitative estimate of drug-likeness (QED) is 0.311. The number of nitrogens with one attached hydrogen (secondary N) is 2. The van der Waals surface area contributed by atoms with Crippen LogP contribution in [0.1, 0.15) is 42.2 Å². The molecule has 2 aromatic carbocycles. The number of benzene rings is 2. The van der Waals surface area contributed by atoms with Crippen LogP contribution in [-0.4, -0.2) is 32.5 Å². The Labute approximate surface area is 216 Å². The zero-order valence-electron chi connectivity index (χ0n) is 20.2. The highest BCUT2D eigenvalue weighted by Crippen LogP contribution is 2.28. The van der Waals surface area contributed by atoms with Gasteiger partial charge in [-0.15, -0.1) is 13.2 Å². The maximum absolute atomic E-state index is 12.7. The summed E-state index contributed by atoms with van der Waals surface area (Å²) in [5.41, 5.74) is 3.27. The highest BCUT2D eigenvalue weighted by atomic mass is 19.4. The molecule has 1 aliphatic heterocycles. The molecule has 196 valence electrons. The van der Waals surface area contributed by atoms with E-state index in [4.69, 9.17) is 4.74 Å². The van der Waals surface area contributed by atoms with Crippen molar-refractivity contribution < 1.29 is 22.6 Å². The first-order valence-corrected chi connectivity index (χ1v) is 12.1. The highest BCUT2D eigenvalue weighted by molar-refractivity contribution is 5.76. The van der Waals surface area contributed by atoms with Gasteiger partial charge >= 0.3 is 6.36 Å². The number of fused-ring (bicyclic) bond motifs is 1. The number of aromatic nitrogens is 4. The summed E-state index contributed by atoms with van der Waals surface area (Å²) >= 11 is 0. The maximum atomic E-state index is 12.7. The number of hydrogen-bond donors (Lipinski definition) is 2. The summed E-state index contributed by atoms with van der Waals surface area (Å²) in [7, 11) is 0. The zero-order chi connectivity index (χ0) is 26.5. The van der Waals surface area contributed by atoms with Crippen LogP contribution in [0.2, 0.25) is 0 Å². The summed E-state index contributed by atoms with van der Waals surface area (Å²) in [5.74, 6) is 0.133.